The van der Waals surface area contributed by atoms with Gasteiger partial charge in [-0.15, -0.1) is 0 Å². The number of sulfonamides is 1. The summed E-state index contributed by atoms with van der Waals surface area (Å²) in [5.74, 6) is -0.479. The summed E-state index contributed by atoms with van der Waals surface area (Å²) in [5.41, 5.74) is 0.369. The maximum absolute atomic E-state index is 15.0. The number of nitrogens with one attached hydrogen (secondary N) is 2. The van der Waals surface area contributed by atoms with Crippen LogP contribution in [0.2, 0.25) is 5.02 Å². The van der Waals surface area contributed by atoms with E-state index >= 15 is 0 Å². The van der Waals surface area contributed by atoms with Crippen molar-refractivity contribution in [3.8, 4) is 0 Å². The lowest BCUT2D eigenvalue weighted by Gasteiger charge is -2.39. The Hall–Kier alpha value is -1.97. The van der Waals surface area contributed by atoms with Gasteiger partial charge in [0.05, 0.1) is 10.7 Å². The minimum atomic E-state index is -4.39. The minimum absolute atomic E-state index is 0.102. The maximum Gasteiger partial charge on any atom is 0.266 e. The van der Waals surface area contributed by atoms with Gasteiger partial charge < -0.3 is 5.32 Å². The van der Waals surface area contributed by atoms with Crippen molar-refractivity contribution in [2.24, 2.45) is 16.8 Å². The average Bonchev–Trinajstić information content (AvgIpc) is 3.35. The SMILES string of the molecule is C=C/C=C(\N=C(/C)F)NS(=O)(=O)c1cc(Cl)c(N[C@H]2CCCC[C@@H]2N2CC3CC3C2)cc1F. The van der Waals surface area contributed by atoms with Crippen molar-refractivity contribution in [3.05, 3.63) is 47.5 Å². The topological polar surface area (TPSA) is 73.8 Å². The smallest absolute Gasteiger partial charge is 0.266 e. The van der Waals surface area contributed by atoms with Crippen molar-refractivity contribution < 1.29 is 17.2 Å². The van der Waals surface area contributed by atoms with Gasteiger partial charge in [-0.1, -0.05) is 37.1 Å². The third kappa shape index (κ3) is 5.58. The number of nitrogens with zero attached hydrogens (tertiary/aromatic N) is 2. The first-order valence-corrected chi connectivity index (χ1v) is 13.1. The third-order valence-corrected chi connectivity index (χ3v) is 8.33. The molecule has 0 bridgehead atoms. The van der Waals surface area contributed by atoms with Crippen molar-refractivity contribution in [1.29, 1.82) is 0 Å². The molecule has 4 atom stereocenters. The number of allylic oxidation sites excluding steroid dienone is 2. The molecule has 180 valence electrons. The van der Waals surface area contributed by atoms with Crippen LogP contribution in [-0.2, 0) is 10.0 Å². The van der Waals surface area contributed by atoms with E-state index in [0.29, 0.717) is 11.7 Å². The summed E-state index contributed by atoms with van der Waals surface area (Å²) in [4.78, 5) is 5.36. The van der Waals surface area contributed by atoms with E-state index in [1.807, 2.05) is 0 Å². The van der Waals surface area contributed by atoms with Crippen LogP contribution in [-0.4, -0.2) is 44.5 Å². The predicted molar refractivity (Wildman–Crippen MR) is 127 cm³/mol. The summed E-state index contributed by atoms with van der Waals surface area (Å²) >= 11 is 6.39. The van der Waals surface area contributed by atoms with Crippen molar-refractivity contribution in [1.82, 2.24) is 9.62 Å². The molecule has 2 N–H and O–H groups in total. The molecule has 1 aliphatic heterocycles. The Morgan fingerprint density at radius 3 is 2.64 bits per heavy atom. The molecular weight excluding hydrogens is 470 g/mol. The van der Waals surface area contributed by atoms with Crippen LogP contribution < -0.4 is 10.0 Å². The van der Waals surface area contributed by atoms with E-state index < -0.39 is 26.7 Å². The largest absolute Gasteiger partial charge is 0.379 e. The highest BCUT2D eigenvalue weighted by Crippen LogP contribution is 2.47. The highest BCUT2D eigenvalue weighted by molar-refractivity contribution is 7.89. The van der Waals surface area contributed by atoms with Crippen molar-refractivity contribution in [2.75, 3.05) is 18.4 Å². The number of hydrogen-bond donors (Lipinski definition) is 2. The molecule has 6 nitrogen and oxygen atoms in total. The van der Waals surface area contributed by atoms with Gasteiger partial charge in [0.25, 0.3) is 10.0 Å². The van der Waals surface area contributed by atoms with Crippen molar-refractivity contribution in [2.45, 2.75) is 56.0 Å². The standard InChI is InChI=1S/C23H29ClF2N4O2S/c1-3-6-23(27-14(2)25)29-33(31,32)22-10-17(24)20(11-18(22)26)28-19-7-4-5-8-21(19)30-12-15-9-16(15)13-30/h3,6,10-11,15-16,19,21,28-29H,1,4-5,7-9,12-13H2,2H3/b23-6+,27-14+/t15?,16?,19-,21-/m0/s1. The van der Waals surface area contributed by atoms with Gasteiger partial charge in [0.2, 0.25) is 0 Å². The monoisotopic (exact) mass is 498 g/mol. The zero-order valence-electron chi connectivity index (χ0n) is 18.5. The van der Waals surface area contributed by atoms with E-state index in [1.54, 1.807) is 0 Å². The number of aliphatic imine (C=N–C) groups is 1. The molecule has 10 heteroatoms. The first-order valence-electron chi connectivity index (χ1n) is 11.2. The van der Waals surface area contributed by atoms with Gasteiger partial charge in [-0.2, -0.15) is 4.39 Å². The third-order valence-electron chi connectivity index (χ3n) is 6.65. The highest BCUT2D eigenvalue weighted by atomic mass is 35.5. The molecule has 2 aliphatic carbocycles. The average molecular weight is 499 g/mol. The van der Waals surface area contributed by atoms with Crippen LogP contribution in [0.25, 0.3) is 0 Å². The fourth-order valence-corrected chi connectivity index (χ4v) is 6.40. The first-order chi connectivity index (χ1) is 15.7. The quantitative estimate of drug-likeness (QED) is 0.397. The second kappa shape index (κ2) is 9.72. The van der Waals surface area contributed by atoms with Gasteiger partial charge in [-0.25, -0.2) is 17.8 Å². The zero-order valence-corrected chi connectivity index (χ0v) is 20.1. The first kappa shape index (κ1) is 24.2. The molecule has 0 radical (unpaired) electrons. The van der Waals surface area contributed by atoms with E-state index in [4.69, 9.17) is 11.6 Å². The van der Waals surface area contributed by atoms with Crippen LogP contribution in [0.15, 0.2) is 46.6 Å². The van der Waals surface area contributed by atoms with Gasteiger partial charge in [0, 0.05) is 32.1 Å². The van der Waals surface area contributed by atoms with E-state index in [2.05, 4.69) is 26.5 Å². The van der Waals surface area contributed by atoms with Gasteiger partial charge in [-0.3, -0.25) is 9.62 Å². The molecule has 1 heterocycles. The van der Waals surface area contributed by atoms with Crippen molar-refractivity contribution in [3.63, 3.8) is 0 Å². The van der Waals surface area contributed by atoms with Gasteiger partial charge in [0.1, 0.15) is 16.5 Å². The molecule has 2 unspecified atom stereocenters. The number of piperidine rings is 1. The van der Waals surface area contributed by atoms with Gasteiger partial charge >= 0.3 is 0 Å². The molecule has 33 heavy (non-hydrogen) atoms. The lowest BCUT2D eigenvalue weighted by molar-refractivity contribution is 0.161. The second-order valence-electron chi connectivity index (χ2n) is 9.08. The number of likely N-dealkylation sites (tertiary alicyclic amines) is 1. The second-order valence-corrected chi connectivity index (χ2v) is 11.1. The number of halogens is 3. The van der Waals surface area contributed by atoms with Gasteiger partial charge in [-0.05, 0) is 49.3 Å². The number of fused-ring (bicyclic) bond motifs is 1. The number of anilines is 1. The zero-order chi connectivity index (χ0) is 23.8. The van der Waals surface area contributed by atoms with Crippen LogP contribution in [0.1, 0.15) is 39.0 Å². The minimum Gasteiger partial charge on any atom is -0.379 e. The Labute approximate surface area is 198 Å². The Bertz CT molecular complexity index is 1080. The summed E-state index contributed by atoms with van der Waals surface area (Å²) in [6.45, 7) is 6.75. The van der Waals surface area contributed by atoms with E-state index in [9.17, 15) is 17.2 Å². The highest BCUT2D eigenvalue weighted by Gasteiger charge is 2.48. The molecule has 2 saturated carbocycles. The van der Waals surface area contributed by atoms with Crippen LogP contribution in [0.5, 0.6) is 0 Å². The molecule has 4 rings (SSSR count). The molecule has 0 aromatic heterocycles. The number of benzene rings is 1. The van der Waals surface area contributed by atoms with Crippen LogP contribution in [0.3, 0.4) is 0 Å². The van der Waals surface area contributed by atoms with E-state index in [-0.39, 0.29) is 16.9 Å². The maximum atomic E-state index is 15.0. The fourth-order valence-electron chi connectivity index (χ4n) is 5.03. The molecule has 1 saturated heterocycles. The predicted octanol–water partition coefficient (Wildman–Crippen LogP) is 4.85. The summed E-state index contributed by atoms with van der Waals surface area (Å²) in [6.07, 6.45) is 8.03. The van der Waals surface area contributed by atoms with Crippen LogP contribution in [0.4, 0.5) is 14.5 Å². The number of hydrogen-bond acceptors (Lipinski definition) is 5. The molecule has 1 aromatic carbocycles. The molecule has 3 aliphatic rings. The van der Waals surface area contributed by atoms with E-state index in [0.717, 1.165) is 63.2 Å². The lowest BCUT2D eigenvalue weighted by Crippen LogP contribution is -2.48. The molecular formula is C23H29ClF2N4O2S. The molecule has 1 aromatic rings. The summed E-state index contributed by atoms with van der Waals surface area (Å²) in [5, 5.41) is 3.49. The summed E-state index contributed by atoms with van der Waals surface area (Å²) < 4.78 is 55.7. The molecule has 0 amide bonds. The van der Waals surface area contributed by atoms with Crippen molar-refractivity contribution >= 4 is 33.3 Å². The molecule has 0 spiro atoms. The Morgan fingerprint density at radius 1 is 1.27 bits per heavy atom. The van der Waals surface area contributed by atoms with Crippen LogP contribution >= 0.6 is 11.6 Å². The summed E-state index contributed by atoms with van der Waals surface area (Å²) in [7, 11) is -4.39. The Morgan fingerprint density at radius 2 is 1.97 bits per heavy atom. The van der Waals surface area contributed by atoms with E-state index in [1.165, 1.54) is 25.0 Å². The lowest BCUT2D eigenvalue weighted by atomic mass is 9.89. The summed E-state index contributed by atoms with van der Waals surface area (Å²) in [6, 6.07) is 2.67. The normalized spacial score (nSPS) is 28.4. The number of rotatable bonds is 8. The fraction of sp³-hybridized carbons (Fsp3) is 0.522. The van der Waals surface area contributed by atoms with Gasteiger partial charge in [0.15, 0.2) is 5.97 Å². The molecule has 3 fully saturated rings. The van der Waals surface area contributed by atoms with Crippen LogP contribution in [0, 0.1) is 17.7 Å². The Balaban J connectivity index is 1.53. The Kier molecular flexibility index (Phi) is 7.12.